The van der Waals surface area contributed by atoms with Gasteiger partial charge in [-0.2, -0.15) is 23.3 Å². The van der Waals surface area contributed by atoms with Gasteiger partial charge in [-0.1, -0.05) is 0 Å². The zero-order valence-corrected chi connectivity index (χ0v) is 17.1. The number of fused-ring (bicyclic) bond motifs is 1. The van der Waals surface area contributed by atoms with E-state index in [1.165, 1.54) is 0 Å². The number of ether oxygens (including phenoxy) is 1. The summed E-state index contributed by atoms with van der Waals surface area (Å²) >= 11 is 0. The highest BCUT2D eigenvalue weighted by atomic mass is 19.4. The van der Waals surface area contributed by atoms with Gasteiger partial charge in [0.25, 0.3) is 0 Å². The second-order valence-corrected chi connectivity index (χ2v) is 8.58. The first kappa shape index (κ1) is 20.6. The second kappa shape index (κ2) is 6.68. The average molecular weight is 418 g/mol. The molecule has 2 aliphatic rings. The Kier molecular flexibility index (Phi) is 4.59. The number of nitrogens with one attached hydrogen (secondary N) is 2. The lowest BCUT2D eigenvalue weighted by Crippen LogP contribution is -2.37. The third-order valence-electron chi connectivity index (χ3n) is 5.37. The summed E-state index contributed by atoms with van der Waals surface area (Å²) in [7, 11) is 5.80. The predicted molar refractivity (Wildman–Crippen MR) is 111 cm³/mol. The van der Waals surface area contributed by atoms with Crippen molar-refractivity contribution >= 4 is 47.1 Å². The molecule has 2 aromatic rings. The van der Waals surface area contributed by atoms with Crippen LogP contribution in [0.2, 0.25) is 0 Å². The molecule has 2 atom stereocenters. The van der Waals surface area contributed by atoms with Gasteiger partial charge in [0.15, 0.2) is 0 Å². The van der Waals surface area contributed by atoms with E-state index in [0.717, 1.165) is 6.20 Å². The molecule has 30 heavy (non-hydrogen) atoms. The number of carbonyl (C=O) groups excluding carboxylic acids is 1. The van der Waals surface area contributed by atoms with Gasteiger partial charge in [0.05, 0.1) is 12.3 Å². The third kappa shape index (κ3) is 3.31. The van der Waals surface area contributed by atoms with E-state index in [-0.39, 0.29) is 30.2 Å². The molecule has 2 N–H and O–H groups in total. The quantitative estimate of drug-likeness (QED) is 0.467. The number of alkyl halides is 3. The van der Waals surface area contributed by atoms with Crippen molar-refractivity contribution in [1.82, 2.24) is 19.7 Å². The molecule has 0 spiro atoms. The molecule has 2 fully saturated rings. The van der Waals surface area contributed by atoms with Gasteiger partial charge in [0.1, 0.15) is 46.2 Å². The standard InChI is InChI=1S/C16H20B3F3N6O2/c1-2-23-11-8(15(20,21)22)5-24-13(26-11)25-10-3-9(27-28(10)16(17,18)19)14-4-7(14)6-30-12(14)29/h3,5,7H,2,4,6,17-19H2,1H3,(H2,23,24,25,26)/t7-,14-/m1/s1. The lowest BCUT2D eigenvalue weighted by atomic mass is 9.49. The van der Waals surface area contributed by atoms with Crippen LogP contribution in [0.4, 0.5) is 30.8 Å². The maximum atomic E-state index is 13.2. The fourth-order valence-corrected chi connectivity index (χ4v) is 3.77. The molecule has 0 aromatic carbocycles. The molecule has 156 valence electrons. The number of carbonyl (C=O) groups is 1. The zero-order chi connectivity index (χ0) is 21.9. The minimum absolute atomic E-state index is 0.00487. The largest absolute Gasteiger partial charge is 0.465 e. The molecule has 3 heterocycles. The SMILES string of the molecule is BC(B)(B)n1nc([C@@]23C[C@@H]2COC3=O)cc1Nc1ncc(C(F)(F)F)c(NCC)n1. The fraction of sp³-hybridized carbons (Fsp3) is 0.500. The summed E-state index contributed by atoms with van der Waals surface area (Å²) in [6.07, 6.45) is -3.14. The van der Waals surface area contributed by atoms with E-state index in [9.17, 15) is 18.0 Å². The molecule has 0 radical (unpaired) electrons. The number of nitrogens with zero attached hydrogens (tertiary/aromatic N) is 4. The minimum Gasteiger partial charge on any atom is -0.465 e. The van der Waals surface area contributed by atoms with Crippen LogP contribution in [-0.2, 0) is 26.4 Å². The van der Waals surface area contributed by atoms with Crippen molar-refractivity contribution in [1.29, 1.82) is 0 Å². The average Bonchev–Trinajstić information content (AvgIpc) is 3.06. The fourth-order valence-electron chi connectivity index (χ4n) is 3.77. The molecule has 8 nitrogen and oxygen atoms in total. The number of hydrogen-bond acceptors (Lipinski definition) is 7. The number of aromatic nitrogens is 4. The van der Waals surface area contributed by atoms with E-state index in [4.69, 9.17) is 4.74 Å². The number of halogens is 3. The van der Waals surface area contributed by atoms with Gasteiger partial charge >= 0.3 is 12.1 Å². The van der Waals surface area contributed by atoms with Crippen molar-refractivity contribution in [2.75, 3.05) is 23.8 Å². The highest BCUT2D eigenvalue weighted by molar-refractivity contribution is 6.56. The van der Waals surface area contributed by atoms with Crippen LogP contribution in [0.5, 0.6) is 0 Å². The van der Waals surface area contributed by atoms with Crippen LogP contribution in [-0.4, -0.2) is 62.4 Å². The Labute approximate surface area is 173 Å². The van der Waals surface area contributed by atoms with E-state index in [2.05, 4.69) is 25.7 Å². The maximum Gasteiger partial charge on any atom is 0.421 e. The second-order valence-electron chi connectivity index (χ2n) is 8.58. The number of hydrogen-bond donors (Lipinski definition) is 2. The molecule has 1 aliphatic heterocycles. The van der Waals surface area contributed by atoms with Gasteiger partial charge < -0.3 is 15.4 Å². The van der Waals surface area contributed by atoms with Gasteiger partial charge in [-0.05, 0) is 18.6 Å². The topological polar surface area (TPSA) is 94.0 Å². The molecule has 0 bridgehead atoms. The minimum atomic E-state index is -4.57. The van der Waals surface area contributed by atoms with Crippen molar-refractivity contribution in [3.05, 3.63) is 23.5 Å². The van der Waals surface area contributed by atoms with E-state index in [1.807, 2.05) is 23.5 Å². The Morgan fingerprint density at radius 1 is 1.37 bits per heavy atom. The number of esters is 1. The molecule has 14 heteroatoms. The van der Waals surface area contributed by atoms with Crippen LogP contribution in [0.3, 0.4) is 0 Å². The molecule has 1 saturated heterocycles. The lowest BCUT2D eigenvalue weighted by Gasteiger charge is -2.23. The van der Waals surface area contributed by atoms with Gasteiger partial charge in [0.2, 0.25) is 5.95 Å². The van der Waals surface area contributed by atoms with Crippen molar-refractivity contribution in [2.45, 2.75) is 30.2 Å². The molecule has 2 aromatic heterocycles. The first-order valence-electron chi connectivity index (χ1n) is 9.70. The summed E-state index contributed by atoms with van der Waals surface area (Å²) in [4.78, 5) is 20.1. The van der Waals surface area contributed by atoms with Crippen LogP contribution in [0, 0.1) is 5.92 Å². The van der Waals surface area contributed by atoms with Gasteiger partial charge in [-0.15, -0.1) is 0 Å². The van der Waals surface area contributed by atoms with E-state index in [1.54, 1.807) is 17.7 Å². The summed E-state index contributed by atoms with van der Waals surface area (Å²) in [6, 6.07) is 1.73. The highest BCUT2D eigenvalue weighted by Gasteiger charge is 2.68. The summed E-state index contributed by atoms with van der Waals surface area (Å²) in [5.41, 5.74) is -1.07. The summed E-state index contributed by atoms with van der Waals surface area (Å²) in [6.45, 7) is 2.34. The normalized spacial score (nSPS) is 23.1. The van der Waals surface area contributed by atoms with E-state index < -0.39 is 22.4 Å². The predicted octanol–water partition coefficient (Wildman–Crippen LogP) is -0.851. The van der Waals surface area contributed by atoms with Crippen molar-refractivity contribution in [3.8, 4) is 0 Å². The Morgan fingerprint density at radius 2 is 2.10 bits per heavy atom. The maximum absolute atomic E-state index is 13.2. The monoisotopic (exact) mass is 418 g/mol. The molecular weight excluding hydrogens is 398 g/mol. The van der Waals surface area contributed by atoms with Crippen LogP contribution in [0.1, 0.15) is 24.6 Å². The van der Waals surface area contributed by atoms with E-state index >= 15 is 0 Å². The Morgan fingerprint density at radius 3 is 2.63 bits per heavy atom. The van der Waals surface area contributed by atoms with Crippen molar-refractivity contribution in [2.24, 2.45) is 5.92 Å². The van der Waals surface area contributed by atoms with Gasteiger partial charge in [-0.3, -0.25) is 9.48 Å². The number of cyclic esters (lactones) is 1. The Hall–Kier alpha value is -2.66. The molecular formula is C16H20B3F3N6O2. The van der Waals surface area contributed by atoms with Crippen LogP contribution in [0.25, 0.3) is 0 Å². The number of anilines is 3. The smallest absolute Gasteiger partial charge is 0.421 e. The van der Waals surface area contributed by atoms with Crippen LogP contribution >= 0.6 is 0 Å². The number of rotatable bonds is 6. The molecule has 4 rings (SSSR count). The van der Waals surface area contributed by atoms with Crippen molar-refractivity contribution < 1.29 is 22.7 Å². The third-order valence-corrected chi connectivity index (χ3v) is 5.37. The molecule has 0 amide bonds. The highest BCUT2D eigenvalue weighted by Crippen LogP contribution is 2.59. The van der Waals surface area contributed by atoms with Gasteiger partial charge in [-0.25, -0.2) is 4.98 Å². The Balaban J connectivity index is 1.71. The molecule has 1 saturated carbocycles. The molecule has 1 aliphatic carbocycles. The van der Waals surface area contributed by atoms with Crippen molar-refractivity contribution in [3.63, 3.8) is 0 Å². The molecule has 0 unspecified atom stereocenters. The first-order valence-corrected chi connectivity index (χ1v) is 9.70. The van der Waals surface area contributed by atoms with Crippen LogP contribution < -0.4 is 10.6 Å². The summed E-state index contributed by atoms with van der Waals surface area (Å²) in [5.74, 6) is 0.0145. The van der Waals surface area contributed by atoms with E-state index in [0.29, 0.717) is 24.5 Å². The summed E-state index contributed by atoms with van der Waals surface area (Å²) < 4.78 is 46.5. The zero-order valence-electron chi connectivity index (χ0n) is 17.1. The van der Waals surface area contributed by atoms with Crippen LogP contribution in [0.15, 0.2) is 12.3 Å². The lowest BCUT2D eigenvalue weighted by molar-refractivity contribution is -0.142. The van der Waals surface area contributed by atoms with Gasteiger partial charge in [0, 0.05) is 24.7 Å². The first-order chi connectivity index (χ1) is 14.0. The Bertz CT molecular complexity index is 1010. The summed E-state index contributed by atoms with van der Waals surface area (Å²) in [5, 5.41) is 9.78.